The van der Waals surface area contributed by atoms with E-state index in [1.165, 1.54) is 6.20 Å². The molecule has 2 N–H and O–H groups in total. The molecule has 0 aliphatic rings. The minimum atomic E-state index is -0.309. The molecule has 0 aliphatic heterocycles. The van der Waals surface area contributed by atoms with Gasteiger partial charge in [0.05, 0.1) is 10.6 Å². The van der Waals surface area contributed by atoms with Crippen LogP contribution in [0.5, 0.6) is 0 Å². The Bertz CT molecular complexity index is 663. The maximum absolute atomic E-state index is 12.1. The Hall–Kier alpha value is -1.66. The molecular weight excluding hydrogens is 344 g/mol. The van der Waals surface area contributed by atoms with Gasteiger partial charge in [-0.2, -0.15) is 0 Å². The van der Waals surface area contributed by atoms with Crippen molar-refractivity contribution in [1.82, 2.24) is 9.97 Å². The average Bonchev–Trinajstić information content (AvgIpc) is 2.42. The van der Waals surface area contributed by atoms with E-state index in [2.05, 4.69) is 36.5 Å². The molecule has 1 amide bonds. The van der Waals surface area contributed by atoms with Gasteiger partial charge in [-0.15, -0.1) is 0 Å². The van der Waals surface area contributed by atoms with Crippen LogP contribution in [0, 0.1) is 6.92 Å². The molecule has 5 nitrogen and oxygen atoms in total. The summed E-state index contributed by atoms with van der Waals surface area (Å²) < 4.78 is 0.888. The van der Waals surface area contributed by atoms with Crippen molar-refractivity contribution in [2.45, 2.75) is 6.92 Å². The molecule has 0 fully saturated rings. The van der Waals surface area contributed by atoms with Gasteiger partial charge >= 0.3 is 0 Å². The molecule has 0 radical (unpaired) electrons. The summed E-state index contributed by atoms with van der Waals surface area (Å²) in [5, 5.41) is 5.92. The Balaban J connectivity index is 2.19. The zero-order valence-electron chi connectivity index (χ0n) is 10.9. The van der Waals surface area contributed by atoms with Gasteiger partial charge in [0.15, 0.2) is 0 Å². The number of anilines is 2. The summed E-state index contributed by atoms with van der Waals surface area (Å²) >= 11 is 9.35. The van der Waals surface area contributed by atoms with E-state index in [9.17, 15) is 4.79 Å². The zero-order chi connectivity index (χ0) is 14.7. The smallest absolute Gasteiger partial charge is 0.258 e. The van der Waals surface area contributed by atoms with Gasteiger partial charge in [0.2, 0.25) is 0 Å². The number of hydrogen-bond acceptors (Lipinski definition) is 4. The number of halogens is 2. The van der Waals surface area contributed by atoms with Crippen molar-refractivity contribution in [3.8, 4) is 0 Å². The van der Waals surface area contributed by atoms with Crippen LogP contribution in [0.2, 0.25) is 5.02 Å². The molecule has 0 bridgehead atoms. The lowest BCUT2D eigenvalue weighted by molar-refractivity contribution is 0.102. The maximum atomic E-state index is 12.1. The third kappa shape index (κ3) is 3.26. The van der Waals surface area contributed by atoms with Gasteiger partial charge in [-0.05, 0) is 40.5 Å². The number of rotatable bonds is 3. The van der Waals surface area contributed by atoms with Gasteiger partial charge in [-0.25, -0.2) is 9.97 Å². The number of amides is 1. The standard InChI is InChI=1S/C13H12BrClN4O/c1-7-3-11(17-6-9(7)14)19-13(20)8-4-10(15)12(16-2)18-5-8/h3-6H,1-2H3,(H,16,18)(H,17,19,20). The van der Waals surface area contributed by atoms with E-state index >= 15 is 0 Å². The van der Waals surface area contributed by atoms with E-state index in [1.54, 1.807) is 25.4 Å². The van der Waals surface area contributed by atoms with E-state index in [1.807, 2.05) is 6.92 Å². The summed E-state index contributed by atoms with van der Waals surface area (Å²) in [4.78, 5) is 20.3. The molecule has 0 aromatic carbocycles. The van der Waals surface area contributed by atoms with Crippen LogP contribution in [0.15, 0.2) is 29.0 Å². The monoisotopic (exact) mass is 354 g/mol. The molecule has 2 aromatic heterocycles. The average molecular weight is 356 g/mol. The number of nitrogens with zero attached hydrogens (tertiary/aromatic N) is 2. The number of hydrogen-bond donors (Lipinski definition) is 2. The van der Waals surface area contributed by atoms with Crippen molar-refractivity contribution < 1.29 is 4.79 Å². The Kier molecular flexibility index (Phi) is 4.57. The van der Waals surface area contributed by atoms with E-state index in [0.29, 0.717) is 22.2 Å². The van der Waals surface area contributed by atoms with Crippen molar-refractivity contribution in [2.75, 3.05) is 17.7 Å². The quantitative estimate of drug-likeness (QED) is 0.884. The lowest BCUT2D eigenvalue weighted by atomic mass is 10.2. The highest BCUT2D eigenvalue weighted by atomic mass is 79.9. The minimum absolute atomic E-state index is 0.309. The number of carbonyl (C=O) groups is 1. The van der Waals surface area contributed by atoms with Gasteiger partial charge < -0.3 is 10.6 Å². The summed E-state index contributed by atoms with van der Waals surface area (Å²) in [6.07, 6.45) is 3.10. The Morgan fingerprint density at radius 1 is 1.30 bits per heavy atom. The van der Waals surface area contributed by atoms with E-state index in [-0.39, 0.29) is 5.91 Å². The van der Waals surface area contributed by atoms with E-state index in [0.717, 1.165) is 10.0 Å². The third-order valence-corrected chi connectivity index (χ3v) is 3.75. The Labute approximate surface area is 129 Å². The van der Waals surface area contributed by atoms with Crippen LogP contribution in [-0.4, -0.2) is 22.9 Å². The van der Waals surface area contributed by atoms with Crippen LogP contribution in [0.4, 0.5) is 11.6 Å². The third-order valence-electron chi connectivity index (χ3n) is 2.63. The molecule has 2 heterocycles. The molecular formula is C13H12BrClN4O. The van der Waals surface area contributed by atoms with Gasteiger partial charge in [0, 0.05) is 23.9 Å². The highest BCUT2D eigenvalue weighted by molar-refractivity contribution is 9.10. The molecule has 0 saturated heterocycles. The van der Waals surface area contributed by atoms with Gasteiger partial charge in [0.1, 0.15) is 11.6 Å². The van der Waals surface area contributed by atoms with Gasteiger partial charge in [0.25, 0.3) is 5.91 Å². The van der Waals surface area contributed by atoms with Crippen molar-refractivity contribution in [2.24, 2.45) is 0 Å². The predicted octanol–water partition coefficient (Wildman–Crippen LogP) is 3.49. The molecule has 0 unspecified atom stereocenters. The first-order chi connectivity index (χ1) is 9.51. The number of pyridine rings is 2. The van der Waals surface area contributed by atoms with Crippen LogP contribution in [0.3, 0.4) is 0 Å². The van der Waals surface area contributed by atoms with Crippen molar-refractivity contribution in [3.05, 3.63) is 45.1 Å². The molecule has 0 atom stereocenters. The Morgan fingerprint density at radius 3 is 2.65 bits per heavy atom. The zero-order valence-corrected chi connectivity index (χ0v) is 13.2. The molecule has 104 valence electrons. The Morgan fingerprint density at radius 2 is 2.05 bits per heavy atom. The van der Waals surface area contributed by atoms with Crippen LogP contribution in [-0.2, 0) is 0 Å². The SMILES string of the molecule is CNc1ncc(C(=O)Nc2cc(C)c(Br)cn2)cc1Cl. The van der Waals surface area contributed by atoms with Crippen molar-refractivity contribution in [1.29, 1.82) is 0 Å². The number of aromatic nitrogens is 2. The number of nitrogens with one attached hydrogen (secondary N) is 2. The molecule has 0 aliphatic carbocycles. The molecule has 2 aromatic rings. The summed E-state index contributed by atoms with van der Waals surface area (Å²) in [6, 6.07) is 3.33. The number of carbonyl (C=O) groups excluding carboxylic acids is 1. The largest absolute Gasteiger partial charge is 0.372 e. The fourth-order valence-corrected chi connectivity index (χ4v) is 2.02. The summed E-state index contributed by atoms with van der Waals surface area (Å²) in [6.45, 7) is 1.92. The van der Waals surface area contributed by atoms with Gasteiger partial charge in [-0.3, -0.25) is 4.79 Å². The first-order valence-corrected chi connectivity index (χ1v) is 6.95. The summed E-state index contributed by atoms with van der Waals surface area (Å²) in [5.41, 5.74) is 1.35. The highest BCUT2D eigenvalue weighted by Gasteiger charge is 2.10. The first-order valence-electron chi connectivity index (χ1n) is 5.78. The molecule has 0 spiro atoms. The second-order valence-electron chi connectivity index (χ2n) is 4.08. The van der Waals surface area contributed by atoms with E-state index < -0.39 is 0 Å². The topological polar surface area (TPSA) is 66.9 Å². The van der Waals surface area contributed by atoms with Crippen LogP contribution in [0.25, 0.3) is 0 Å². The normalized spacial score (nSPS) is 10.2. The summed E-state index contributed by atoms with van der Waals surface area (Å²) in [5.74, 6) is 0.696. The number of aryl methyl sites for hydroxylation is 1. The highest BCUT2D eigenvalue weighted by Crippen LogP contribution is 2.21. The predicted molar refractivity (Wildman–Crippen MR) is 83.4 cm³/mol. The van der Waals surface area contributed by atoms with Crippen LogP contribution >= 0.6 is 27.5 Å². The molecule has 2 rings (SSSR count). The van der Waals surface area contributed by atoms with Crippen molar-refractivity contribution >= 4 is 45.1 Å². The lowest BCUT2D eigenvalue weighted by Crippen LogP contribution is -2.13. The molecule has 20 heavy (non-hydrogen) atoms. The maximum Gasteiger partial charge on any atom is 0.258 e. The second kappa shape index (κ2) is 6.19. The van der Waals surface area contributed by atoms with Crippen LogP contribution < -0.4 is 10.6 Å². The summed E-state index contributed by atoms with van der Waals surface area (Å²) in [7, 11) is 1.71. The lowest BCUT2D eigenvalue weighted by Gasteiger charge is -2.07. The minimum Gasteiger partial charge on any atom is -0.372 e. The first kappa shape index (κ1) is 14.7. The van der Waals surface area contributed by atoms with E-state index in [4.69, 9.17) is 11.6 Å². The van der Waals surface area contributed by atoms with Crippen LogP contribution in [0.1, 0.15) is 15.9 Å². The molecule has 7 heteroatoms. The van der Waals surface area contributed by atoms with Gasteiger partial charge in [-0.1, -0.05) is 11.6 Å². The second-order valence-corrected chi connectivity index (χ2v) is 5.34. The van der Waals surface area contributed by atoms with Crippen molar-refractivity contribution in [3.63, 3.8) is 0 Å². The fourth-order valence-electron chi connectivity index (χ4n) is 1.54. The molecule has 0 saturated carbocycles. The fraction of sp³-hybridized carbons (Fsp3) is 0.154.